The van der Waals surface area contributed by atoms with E-state index < -0.39 is 13.9 Å². The summed E-state index contributed by atoms with van der Waals surface area (Å²) in [6.07, 6.45) is 57.9. The highest BCUT2D eigenvalue weighted by atomic mass is 31.2. The van der Waals surface area contributed by atoms with Gasteiger partial charge in [0.1, 0.15) is 6.10 Å². The molecule has 0 radical (unpaired) electrons. The molecule has 2 unspecified atom stereocenters. The van der Waals surface area contributed by atoms with E-state index >= 15 is 0 Å². The molecule has 8 nitrogen and oxygen atoms in total. The average molecular weight is 884 g/mol. The van der Waals surface area contributed by atoms with E-state index in [9.17, 15) is 14.3 Å². The second-order valence-electron chi connectivity index (χ2n) is 17.7. The van der Waals surface area contributed by atoms with E-state index in [0.29, 0.717) is 13.0 Å². The average Bonchev–Trinajstić information content (AvgIpc) is 3.25. The fourth-order valence-corrected chi connectivity index (χ4v) is 8.50. The molecule has 0 fully saturated rings. The van der Waals surface area contributed by atoms with E-state index in [1.165, 1.54) is 205 Å². The Morgan fingerprint density at radius 1 is 0.492 bits per heavy atom. The predicted molar refractivity (Wildman–Crippen MR) is 261 cm³/mol. The molecular weight excluding hydrogens is 782 g/mol. The quantitative estimate of drug-likeness (QED) is 0.0268. The van der Waals surface area contributed by atoms with Gasteiger partial charge in [0.15, 0.2) is 0 Å². The lowest BCUT2D eigenvalue weighted by atomic mass is 10.0. The molecule has 0 saturated carbocycles. The van der Waals surface area contributed by atoms with Crippen LogP contribution in [0.1, 0.15) is 264 Å². The van der Waals surface area contributed by atoms with E-state index in [2.05, 4.69) is 38.2 Å². The molecule has 0 saturated heterocycles. The van der Waals surface area contributed by atoms with Crippen LogP contribution in [-0.2, 0) is 27.9 Å². The summed E-state index contributed by atoms with van der Waals surface area (Å²) < 4.78 is 33.6. The summed E-state index contributed by atoms with van der Waals surface area (Å²) in [5.41, 5.74) is 5.39. The van der Waals surface area contributed by atoms with Crippen molar-refractivity contribution < 1.29 is 32.8 Å². The molecule has 362 valence electrons. The van der Waals surface area contributed by atoms with Gasteiger partial charge < -0.3 is 20.1 Å². The van der Waals surface area contributed by atoms with Crippen LogP contribution in [0.15, 0.2) is 24.3 Å². The first-order valence-corrected chi connectivity index (χ1v) is 27.8. The maximum atomic E-state index is 12.6. The minimum Gasteiger partial charge on any atom is -0.457 e. The van der Waals surface area contributed by atoms with Crippen molar-refractivity contribution in [2.45, 2.75) is 270 Å². The number of allylic oxidation sites excluding steroid dienone is 4. The normalized spacial score (nSPS) is 13.4. The third kappa shape index (κ3) is 49.8. The molecule has 0 aliphatic carbocycles. The Morgan fingerprint density at radius 3 is 1.28 bits per heavy atom. The highest BCUT2D eigenvalue weighted by Gasteiger charge is 2.25. The number of ether oxygens (including phenoxy) is 2. The molecule has 61 heavy (non-hydrogen) atoms. The van der Waals surface area contributed by atoms with Gasteiger partial charge in [0.05, 0.1) is 19.8 Å². The van der Waals surface area contributed by atoms with Crippen LogP contribution in [0.3, 0.4) is 0 Å². The van der Waals surface area contributed by atoms with Crippen molar-refractivity contribution in [3.05, 3.63) is 24.3 Å². The molecule has 0 aromatic carbocycles. The van der Waals surface area contributed by atoms with E-state index in [1.807, 2.05) is 0 Å². The molecule has 2 atom stereocenters. The van der Waals surface area contributed by atoms with Crippen LogP contribution in [0.4, 0.5) is 0 Å². The summed E-state index contributed by atoms with van der Waals surface area (Å²) in [6.45, 7) is 4.97. The molecule has 0 heterocycles. The first-order valence-electron chi connectivity index (χ1n) is 26.3. The van der Waals surface area contributed by atoms with Crippen molar-refractivity contribution in [1.82, 2.24) is 0 Å². The zero-order chi connectivity index (χ0) is 44.4. The summed E-state index contributed by atoms with van der Waals surface area (Å²) in [4.78, 5) is 22.6. The molecule has 0 aromatic rings. The molecular formula is C52H102NO7P. The molecule has 0 aliphatic heterocycles. The highest BCUT2D eigenvalue weighted by molar-refractivity contribution is 7.47. The Kier molecular flexibility index (Phi) is 49.2. The van der Waals surface area contributed by atoms with Crippen molar-refractivity contribution in [2.75, 3.05) is 33.0 Å². The zero-order valence-electron chi connectivity index (χ0n) is 40.4. The largest absolute Gasteiger partial charge is 0.472 e. The number of hydrogen-bond donors (Lipinski definition) is 2. The summed E-state index contributed by atoms with van der Waals surface area (Å²) in [7, 11) is -4.28. The van der Waals surface area contributed by atoms with Crippen molar-refractivity contribution in [1.29, 1.82) is 0 Å². The van der Waals surface area contributed by atoms with Gasteiger partial charge in [0.2, 0.25) is 0 Å². The lowest BCUT2D eigenvalue weighted by Crippen LogP contribution is -2.28. The minimum absolute atomic E-state index is 0.0925. The number of carbonyl (C=O) groups excluding carboxylic acids is 1. The van der Waals surface area contributed by atoms with Crippen LogP contribution in [-0.4, -0.2) is 49.9 Å². The Labute approximate surface area is 378 Å². The first-order chi connectivity index (χ1) is 29.9. The number of esters is 1. The molecule has 0 aliphatic rings. The van der Waals surface area contributed by atoms with Gasteiger partial charge in [-0.1, -0.05) is 237 Å². The van der Waals surface area contributed by atoms with Crippen LogP contribution < -0.4 is 5.73 Å². The Hall–Kier alpha value is -1.02. The second kappa shape index (κ2) is 50.0. The Balaban J connectivity index is 3.86. The lowest BCUT2D eigenvalue weighted by molar-refractivity contribution is -0.154. The molecule has 0 bridgehead atoms. The monoisotopic (exact) mass is 884 g/mol. The highest BCUT2D eigenvalue weighted by Crippen LogP contribution is 2.43. The van der Waals surface area contributed by atoms with Crippen LogP contribution in [0, 0.1) is 0 Å². The number of carbonyl (C=O) groups is 1. The second-order valence-corrected chi connectivity index (χ2v) is 19.2. The number of hydrogen-bond acceptors (Lipinski definition) is 7. The molecule has 9 heteroatoms. The lowest BCUT2D eigenvalue weighted by Gasteiger charge is -2.20. The van der Waals surface area contributed by atoms with Gasteiger partial charge in [0, 0.05) is 19.6 Å². The number of rotatable bonds is 51. The summed E-state index contributed by atoms with van der Waals surface area (Å²) >= 11 is 0. The van der Waals surface area contributed by atoms with Crippen molar-refractivity contribution in [2.24, 2.45) is 5.73 Å². The van der Waals surface area contributed by atoms with Crippen LogP contribution >= 0.6 is 7.82 Å². The van der Waals surface area contributed by atoms with Crippen molar-refractivity contribution in [3.63, 3.8) is 0 Å². The maximum Gasteiger partial charge on any atom is 0.472 e. The zero-order valence-corrected chi connectivity index (χ0v) is 41.3. The van der Waals surface area contributed by atoms with E-state index in [0.717, 1.165) is 38.5 Å². The first kappa shape index (κ1) is 60.0. The van der Waals surface area contributed by atoms with E-state index in [1.54, 1.807) is 0 Å². The fourth-order valence-electron chi connectivity index (χ4n) is 7.74. The van der Waals surface area contributed by atoms with Gasteiger partial charge in [-0.15, -0.1) is 0 Å². The van der Waals surface area contributed by atoms with Gasteiger partial charge in [-0.05, 0) is 44.9 Å². The number of nitrogens with two attached hydrogens (primary N) is 1. The third-order valence-electron chi connectivity index (χ3n) is 11.6. The third-order valence-corrected chi connectivity index (χ3v) is 12.6. The fraction of sp³-hybridized carbons (Fsp3) is 0.904. The minimum atomic E-state index is -4.28. The molecule has 3 N–H and O–H groups in total. The van der Waals surface area contributed by atoms with E-state index in [-0.39, 0.29) is 32.3 Å². The standard InChI is InChI=1S/C52H102NO7P/c1-3-5-7-9-11-13-15-17-19-21-22-23-24-25-26-27-28-29-30-32-34-36-38-40-42-44-47-57-49-51(50-59-61(55,56)58-48-46-53)60-52(54)45-43-41-39-37-35-33-31-20-18-16-14-12-10-8-6-4-2/h15,17,21-22,51H,3-14,16,18-20,23-50,53H2,1-2H3,(H,55,56)/b17-15-,22-21-. The summed E-state index contributed by atoms with van der Waals surface area (Å²) in [6, 6.07) is 0. The number of phosphoric acid groups is 1. The van der Waals surface area contributed by atoms with Crippen molar-refractivity contribution >= 4 is 13.8 Å². The number of unbranched alkanes of at least 4 members (excludes halogenated alkanes) is 34. The van der Waals surface area contributed by atoms with Crippen molar-refractivity contribution in [3.8, 4) is 0 Å². The Bertz CT molecular complexity index is 993. The van der Waals surface area contributed by atoms with Crippen LogP contribution in [0.5, 0.6) is 0 Å². The summed E-state index contributed by atoms with van der Waals surface area (Å²) in [5, 5.41) is 0. The van der Waals surface area contributed by atoms with Gasteiger partial charge in [-0.3, -0.25) is 13.8 Å². The van der Waals surface area contributed by atoms with Crippen LogP contribution in [0.2, 0.25) is 0 Å². The Morgan fingerprint density at radius 2 is 0.869 bits per heavy atom. The molecule has 0 amide bonds. The molecule has 0 aromatic heterocycles. The van der Waals surface area contributed by atoms with Gasteiger partial charge in [-0.25, -0.2) is 4.57 Å². The van der Waals surface area contributed by atoms with Gasteiger partial charge in [0.25, 0.3) is 0 Å². The SMILES string of the molecule is CCCCCCC/C=C\C/C=C\CCCCCCCCCCCCCCCCOCC(COP(=O)(O)OCCN)OC(=O)CCCCCCCCCCCCCCCCCC. The topological polar surface area (TPSA) is 117 Å². The molecule has 0 spiro atoms. The molecule has 0 rings (SSSR count). The smallest absolute Gasteiger partial charge is 0.457 e. The van der Waals surface area contributed by atoms with Gasteiger partial charge >= 0.3 is 13.8 Å². The predicted octanol–water partition coefficient (Wildman–Crippen LogP) is 16.4. The van der Waals surface area contributed by atoms with Crippen LogP contribution in [0.25, 0.3) is 0 Å². The maximum absolute atomic E-state index is 12.6. The van der Waals surface area contributed by atoms with Gasteiger partial charge in [-0.2, -0.15) is 0 Å². The number of phosphoric ester groups is 1. The summed E-state index contributed by atoms with van der Waals surface area (Å²) in [5.74, 6) is -0.324. The van der Waals surface area contributed by atoms with E-state index in [4.69, 9.17) is 24.3 Å².